The highest BCUT2D eigenvalue weighted by molar-refractivity contribution is 14.1. The topological polar surface area (TPSA) is 83.7 Å². The molecule has 3 atom stereocenters. The number of anilines is 1. The van der Waals surface area contributed by atoms with Crippen molar-refractivity contribution < 1.29 is 19.2 Å². The average Bonchev–Trinajstić information content (AvgIpc) is 2.98. The van der Waals surface area contributed by atoms with Crippen molar-refractivity contribution in [1.29, 1.82) is 0 Å². The Hall–Kier alpha value is -1.45. The second-order valence-corrected chi connectivity index (χ2v) is 6.56. The minimum Gasteiger partial charge on any atom is -0.481 e. The third-order valence-corrected chi connectivity index (χ3v) is 5.17. The molecular weight excluding hydrogens is 394 g/mol. The van der Waals surface area contributed by atoms with Crippen LogP contribution in [0.5, 0.6) is 0 Å². The summed E-state index contributed by atoms with van der Waals surface area (Å²) in [6.45, 7) is 0. The van der Waals surface area contributed by atoms with Crippen molar-refractivity contribution in [2.75, 3.05) is 4.90 Å². The lowest BCUT2D eigenvalue weighted by molar-refractivity contribution is -0.384. The molecule has 3 unspecified atom stereocenters. The number of rotatable bonds is 3. The quantitative estimate of drug-likeness (QED) is 0.474. The van der Waals surface area contributed by atoms with E-state index >= 15 is 0 Å². The van der Waals surface area contributed by atoms with Crippen molar-refractivity contribution in [3.63, 3.8) is 0 Å². The van der Waals surface area contributed by atoms with Crippen LogP contribution in [0.25, 0.3) is 0 Å². The highest BCUT2D eigenvalue weighted by Gasteiger charge is 2.50. The molecule has 8 heteroatoms. The maximum atomic E-state index is 13.8. The minimum atomic E-state index is -0.888. The molecule has 0 spiro atoms. The minimum absolute atomic E-state index is 0.0609. The second-order valence-electron chi connectivity index (χ2n) is 5.40. The van der Waals surface area contributed by atoms with Crippen LogP contribution in [0.1, 0.15) is 19.3 Å². The SMILES string of the molecule is O=C(O)C1CC2CCC1N2c1cc(F)c(I)cc1[N+](=O)[O-]. The normalized spacial score (nSPS) is 27.1. The molecule has 3 rings (SSSR count). The molecule has 1 N–H and O–H groups in total. The third kappa shape index (κ3) is 2.25. The van der Waals surface area contributed by atoms with Gasteiger partial charge in [-0.05, 0) is 41.9 Å². The molecule has 2 fully saturated rings. The lowest BCUT2D eigenvalue weighted by Crippen LogP contribution is -2.33. The summed E-state index contributed by atoms with van der Waals surface area (Å²) in [5, 5.41) is 20.5. The lowest BCUT2D eigenvalue weighted by Gasteiger charge is -2.25. The van der Waals surface area contributed by atoms with Crippen LogP contribution in [0.3, 0.4) is 0 Å². The van der Waals surface area contributed by atoms with Gasteiger partial charge in [-0.1, -0.05) is 0 Å². The number of carboxylic acids is 1. The first-order valence-electron chi connectivity index (χ1n) is 6.54. The van der Waals surface area contributed by atoms with Gasteiger partial charge in [0.1, 0.15) is 11.5 Å². The molecule has 2 heterocycles. The lowest BCUT2D eigenvalue weighted by atomic mass is 9.89. The molecule has 0 radical (unpaired) electrons. The van der Waals surface area contributed by atoms with Crippen molar-refractivity contribution in [1.82, 2.24) is 0 Å². The van der Waals surface area contributed by atoms with Crippen LogP contribution >= 0.6 is 22.6 Å². The van der Waals surface area contributed by atoms with E-state index in [2.05, 4.69) is 0 Å². The molecule has 21 heavy (non-hydrogen) atoms. The van der Waals surface area contributed by atoms with E-state index in [0.29, 0.717) is 12.8 Å². The van der Waals surface area contributed by atoms with Gasteiger partial charge in [0, 0.05) is 24.2 Å². The molecular formula is C13H12FIN2O4. The second kappa shape index (κ2) is 5.08. The summed E-state index contributed by atoms with van der Waals surface area (Å²) >= 11 is 1.71. The number of halogens is 2. The summed E-state index contributed by atoms with van der Waals surface area (Å²) in [4.78, 5) is 23.7. The standard InChI is InChI=1S/C13H12FIN2O4/c14-8-4-11(12(17(20)21)5-9(8)15)16-6-1-2-10(16)7(3-6)13(18)19/h4-7,10H,1-3H2,(H,18,19). The average molecular weight is 406 g/mol. The van der Waals surface area contributed by atoms with Crippen LogP contribution in [-0.2, 0) is 4.79 Å². The van der Waals surface area contributed by atoms with Crippen LogP contribution in [-0.4, -0.2) is 28.1 Å². The fraction of sp³-hybridized carbons (Fsp3) is 0.462. The summed E-state index contributed by atoms with van der Waals surface area (Å²) in [7, 11) is 0. The van der Waals surface area contributed by atoms with E-state index < -0.39 is 22.6 Å². The number of aliphatic carboxylic acids is 1. The molecule has 6 nitrogen and oxygen atoms in total. The first-order chi connectivity index (χ1) is 9.90. The van der Waals surface area contributed by atoms with E-state index in [4.69, 9.17) is 0 Å². The summed E-state index contributed by atoms with van der Waals surface area (Å²) in [5.41, 5.74) is 0.0397. The Morgan fingerprint density at radius 2 is 2.19 bits per heavy atom. The van der Waals surface area contributed by atoms with Gasteiger partial charge in [-0.25, -0.2) is 4.39 Å². The highest BCUT2D eigenvalue weighted by atomic mass is 127. The molecule has 112 valence electrons. The van der Waals surface area contributed by atoms with Crippen molar-refractivity contribution in [3.8, 4) is 0 Å². The van der Waals surface area contributed by atoms with Gasteiger partial charge < -0.3 is 10.0 Å². The van der Waals surface area contributed by atoms with Gasteiger partial charge in [-0.3, -0.25) is 14.9 Å². The van der Waals surface area contributed by atoms with Crippen LogP contribution in [0.15, 0.2) is 12.1 Å². The smallest absolute Gasteiger partial charge is 0.308 e. The number of nitro groups is 1. The van der Waals surface area contributed by atoms with Gasteiger partial charge in [0.25, 0.3) is 5.69 Å². The van der Waals surface area contributed by atoms with Crippen molar-refractivity contribution in [2.45, 2.75) is 31.3 Å². The maximum Gasteiger partial charge on any atom is 0.308 e. The van der Waals surface area contributed by atoms with E-state index in [1.165, 1.54) is 6.07 Å². The summed E-state index contributed by atoms with van der Waals surface area (Å²) in [5.74, 6) is -1.94. The first-order valence-corrected chi connectivity index (χ1v) is 7.62. The Balaban J connectivity index is 2.07. The largest absolute Gasteiger partial charge is 0.481 e. The molecule has 2 saturated heterocycles. The van der Waals surface area contributed by atoms with Crippen molar-refractivity contribution >= 4 is 39.9 Å². The molecule has 1 aromatic rings. The number of hydrogen-bond donors (Lipinski definition) is 1. The maximum absolute atomic E-state index is 13.8. The molecule has 2 aliphatic rings. The molecule has 0 aromatic heterocycles. The van der Waals surface area contributed by atoms with E-state index in [1.54, 1.807) is 27.5 Å². The van der Waals surface area contributed by atoms with Crippen molar-refractivity contribution in [2.24, 2.45) is 5.92 Å². The number of fused-ring (bicyclic) bond motifs is 2. The summed E-state index contributed by atoms with van der Waals surface area (Å²) < 4.78 is 14.0. The van der Waals surface area contributed by atoms with E-state index in [0.717, 1.165) is 12.5 Å². The zero-order chi connectivity index (χ0) is 15.3. The third-order valence-electron chi connectivity index (χ3n) is 4.35. The Morgan fingerprint density at radius 3 is 2.76 bits per heavy atom. The number of carboxylic acid groups (broad SMARTS) is 1. The summed E-state index contributed by atoms with van der Waals surface area (Å²) in [6, 6.07) is 2.02. The van der Waals surface area contributed by atoms with Gasteiger partial charge in [-0.2, -0.15) is 0 Å². The zero-order valence-electron chi connectivity index (χ0n) is 10.8. The van der Waals surface area contributed by atoms with Gasteiger partial charge in [0.05, 0.1) is 14.4 Å². The fourth-order valence-electron chi connectivity index (χ4n) is 3.51. The van der Waals surface area contributed by atoms with Crippen molar-refractivity contribution in [3.05, 3.63) is 31.6 Å². The highest BCUT2D eigenvalue weighted by Crippen LogP contribution is 2.47. The Bertz CT molecular complexity index is 639. The predicted molar refractivity (Wildman–Crippen MR) is 80.8 cm³/mol. The molecule has 1 aromatic carbocycles. The van der Waals surface area contributed by atoms with Crippen LogP contribution in [0.2, 0.25) is 0 Å². The number of nitrogens with zero attached hydrogens (tertiary/aromatic N) is 2. The fourth-order valence-corrected chi connectivity index (χ4v) is 3.96. The van der Waals surface area contributed by atoms with Crippen LogP contribution in [0.4, 0.5) is 15.8 Å². The molecule has 2 bridgehead atoms. The van der Waals surface area contributed by atoms with Gasteiger partial charge in [-0.15, -0.1) is 0 Å². The first kappa shape index (κ1) is 14.5. The Labute approximate surface area is 133 Å². The number of carbonyl (C=O) groups is 1. The van der Waals surface area contributed by atoms with E-state index in [1.807, 2.05) is 0 Å². The Kier molecular flexibility index (Phi) is 3.50. The molecule has 0 amide bonds. The number of nitro benzene ring substituents is 1. The van der Waals surface area contributed by atoms with E-state index in [-0.39, 0.29) is 27.0 Å². The Morgan fingerprint density at radius 1 is 1.48 bits per heavy atom. The monoisotopic (exact) mass is 406 g/mol. The van der Waals surface area contributed by atoms with Crippen LogP contribution in [0, 0.1) is 25.4 Å². The van der Waals surface area contributed by atoms with Crippen LogP contribution < -0.4 is 4.90 Å². The molecule has 0 aliphatic carbocycles. The molecule has 2 aliphatic heterocycles. The van der Waals surface area contributed by atoms with E-state index in [9.17, 15) is 24.4 Å². The van der Waals surface area contributed by atoms with Gasteiger partial charge in [0.15, 0.2) is 0 Å². The number of benzene rings is 1. The zero-order valence-corrected chi connectivity index (χ0v) is 13.0. The van der Waals surface area contributed by atoms with Gasteiger partial charge >= 0.3 is 5.97 Å². The van der Waals surface area contributed by atoms with Gasteiger partial charge in [0.2, 0.25) is 0 Å². The predicted octanol–water partition coefficient (Wildman–Crippen LogP) is 2.78. The number of hydrogen-bond acceptors (Lipinski definition) is 4. The molecule has 0 saturated carbocycles. The summed E-state index contributed by atoms with van der Waals surface area (Å²) in [6.07, 6.45) is 1.93.